The van der Waals surface area contributed by atoms with Crippen LogP contribution in [-0.4, -0.2) is 10.5 Å². The zero-order chi connectivity index (χ0) is 21.6. The van der Waals surface area contributed by atoms with Crippen molar-refractivity contribution in [2.24, 2.45) is 7.05 Å². The molecule has 29 heavy (non-hydrogen) atoms. The molecule has 2 aromatic carbocycles. The number of aryl methyl sites for hydroxylation is 2. The maximum atomic E-state index is 7.41. The minimum atomic E-state index is -0.398. The lowest BCUT2D eigenvalue weighted by atomic mass is 9.83. The van der Waals surface area contributed by atoms with Crippen molar-refractivity contribution in [1.29, 1.82) is 0 Å². The molecule has 0 radical (unpaired) electrons. The van der Waals surface area contributed by atoms with E-state index < -0.39 is 5.54 Å². The molecule has 0 amide bonds. The Bertz CT molecular complexity index is 1130. The highest BCUT2D eigenvalue weighted by atomic mass is 15.0. The third kappa shape index (κ3) is 4.17. The highest BCUT2D eigenvalue weighted by molar-refractivity contribution is 5.92. The first-order valence-electron chi connectivity index (χ1n) is 10.2. The second kappa shape index (κ2) is 7.26. The quantitative estimate of drug-likeness (QED) is 0.407. The maximum absolute atomic E-state index is 7.41. The minimum Gasteiger partial charge on any atom is -0.311 e. The van der Waals surface area contributed by atoms with Gasteiger partial charge in [0.2, 0.25) is 5.54 Å². The number of fused-ring (bicyclic) bond motifs is 1. The van der Waals surface area contributed by atoms with Crippen LogP contribution in [0, 0.1) is 20.4 Å². The van der Waals surface area contributed by atoms with Crippen LogP contribution < -0.4 is 4.57 Å². The summed E-state index contributed by atoms with van der Waals surface area (Å²) in [5.41, 5.74) is 8.24. The summed E-state index contributed by atoms with van der Waals surface area (Å²) in [6.45, 7) is 22.6. The maximum Gasteiger partial charge on any atom is 0.287 e. The third-order valence-corrected chi connectivity index (χ3v) is 5.77. The fourth-order valence-electron chi connectivity index (χ4n) is 3.80. The summed E-state index contributed by atoms with van der Waals surface area (Å²) in [6.07, 6.45) is 2.63. The van der Waals surface area contributed by atoms with Crippen LogP contribution in [-0.2, 0) is 18.9 Å². The molecule has 0 aliphatic rings. The van der Waals surface area contributed by atoms with E-state index in [1.807, 2.05) is 20.2 Å². The summed E-state index contributed by atoms with van der Waals surface area (Å²) < 4.78 is 2.12. The molecule has 0 aliphatic heterocycles. The number of hydrogen-bond donors (Lipinski definition) is 0. The van der Waals surface area contributed by atoms with E-state index in [1.54, 1.807) is 0 Å². The Morgan fingerprint density at radius 2 is 1.72 bits per heavy atom. The standard InChI is InChI=1S/C26H32N3/c1-17-12-20(25(3,4)5)14-22(18(17)2)24-21-11-10-19(15-26(6,7)27-8)13-23(21)28-16-29(24)9/h10-14,16H,15H2,1-7,9H3/q+1. The van der Waals surface area contributed by atoms with Crippen LogP contribution >= 0.6 is 0 Å². The van der Waals surface area contributed by atoms with Crippen LogP contribution in [0.4, 0.5) is 0 Å². The van der Waals surface area contributed by atoms with E-state index in [1.165, 1.54) is 27.9 Å². The molecule has 150 valence electrons. The predicted octanol–water partition coefficient (Wildman–Crippen LogP) is 5.88. The van der Waals surface area contributed by atoms with Crippen LogP contribution in [0.1, 0.15) is 56.9 Å². The smallest absolute Gasteiger partial charge is 0.287 e. The van der Waals surface area contributed by atoms with Gasteiger partial charge in [0.15, 0.2) is 5.52 Å². The van der Waals surface area contributed by atoms with Gasteiger partial charge in [-0.1, -0.05) is 32.9 Å². The molecule has 0 atom stereocenters. The average molecular weight is 387 g/mol. The second-order valence-corrected chi connectivity index (χ2v) is 9.87. The normalized spacial score (nSPS) is 12.2. The topological polar surface area (TPSA) is 21.1 Å². The fraction of sp³-hybridized carbons (Fsp3) is 0.423. The molecule has 3 nitrogen and oxygen atoms in total. The molecule has 3 rings (SSSR count). The molecule has 0 fully saturated rings. The Labute approximate surface area is 175 Å². The molecule has 0 bridgehead atoms. The summed E-state index contributed by atoms with van der Waals surface area (Å²) in [4.78, 5) is 8.45. The molecular formula is C26H32N3+. The van der Waals surface area contributed by atoms with Gasteiger partial charge in [-0.25, -0.2) is 11.1 Å². The van der Waals surface area contributed by atoms with Crippen LogP contribution in [0.15, 0.2) is 36.7 Å². The van der Waals surface area contributed by atoms with Crippen LogP contribution in [0.25, 0.3) is 27.0 Å². The van der Waals surface area contributed by atoms with Gasteiger partial charge in [-0.3, -0.25) is 0 Å². The monoisotopic (exact) mass is 386 g/mol. The number of nitrogens with zero attached hydrogens (tertiary/aromatic N) is 3. The molecule has 0 N–H and O–H groups in total. The Morgan fingerprint density at radius 1 is 1.03 bits per heavy atom. The number of aromatic nitrogens is 2. The van der Waals surface area contributed by atoms with Crippen molar-refractivity contribution >= 4 is 10.9 Å². The zero-order valence-corrected chi connectivity index (χ0v) is 19.0. The van der Waals surface area contributed by atoms with Crippen molar-refractivity contribution in [3.05, 3.63) is 70.3 Å². The van der Waals surface area contributed by atoms with Crippen molar-refractivity contribution < 1.29 is 4.57 Å². The molecule has 0 spiro atoms. The summed E-state index contributed by atoms with van der Waals surface area (Å²) >= 11 is 0. The summed E-state index contributed by atoms with van der Waals surface area (Å²) in [6, 6.07) is 11.1. The number of benzene rings is 2. The fourth-order valence-corrected chi connectivity index (χ4v) is 3.80. The molecule has 0 saturated heterocycles. The van der Waals surface area contributed by atoms with Crippen LogP contribution in [0.2, 0.25) is 0 Å². The van der Waals surface area contributed by atoms with Crippen LogP contribution in [0.3, 0.4) is 0 Å². The van der Waals surface area contributed by atoms with Gasteiger partial charge in [0.1, 0.15) is 5.69 Å². The molecule has 0 aliphatic carbocycles. The summed E-state index contributed by atoms with van der Waals surface area (Å²) in [5.74, 6) is 0. The highest BCUT2D eigenvalue weighted by Crippen LogP contribution is 2.34. The lowest BCUT2D eigenvalue weighted by Crippen LogP contribution is -2.32. The first kappa shape index (κ1) is 21.0. The number of rotatable bonds is 3. The lowest BCUT2D eigenvalue weighted by molar-refractivity contribution is -0.662. The molecule has 1 heterocycles. The van der Waals surface area contributed by atoms with Gasteiger partial charge in [-0.05, 0) is 64.7 Å². The van der Waals surface area contributed by atoms with Gasteiger partial charge in [-0.2, -0.15) is 0 Å². The summed E-state index contributed by atoms with van der Waals surface area (Å²) in [7, 11) is 2.07. The van der Waals surface area contributed by atoms with Crippen molar-refractivity contribution in [3.8, 4) is 11.3 Å². The SMILES string of the molecule is [C-]#[N+]C(C)(C)Cc1ccc2c(-c3cc(C(C)(C)C)cc(C)c3C)[n+](C)cnc2c1. The van der Waals surface area contributed by atoms with Crippen molar-refractivity contribution in [1.82, 2.24) is 4.98 Å². The highest BCUT2D eigenvalue weighted by Gasteiger charge is 2.25. The first-order chi connectivity index (χ1) is 13.4. The molecule has 1 aromatic heterocycles. The Hall–Kier alpha value is -2.73. The van der Waals surface area contributed by atoms with Gasteiger partial charge < -0.3 is 4.85 Å². The zero-order valence-electron chi connectivity index (χ0n) is 19.0. The largest absolute Gasteiger partial charge is 0.311 e. The van der Waals surface area contributed by atoms with Gasteiger partial charge in [0.25, 0.3) is 6.33 Å². The lowest BCUT2D eigenvalue weighted by Gasteiger charge is -2.22. The van der Waals surface area contributed by atoms with E-state index in [-0.39, 0.29) is 5.41 Å². The second-order valence-electron chi connectivity index (χ2n) is 9.87. The predicted molar refractivity (Wildman–Crippen MR) is 121 cm³/mol. The third-order valence-electron chi connectivity index (χ3n) is 5.77. The van der Waals surface area contributed by atoms with Crippen molar-refractivity contribution in [3.63, 3.8) is 0 Å². The van der Waals surface area contributed by atoms with Gasteiger partial charge >= 0.3 is 0 Å². The van der Waals surface area contributed by atoms with Crippen molar-refractivity contribution in [2.45, 2.75) is 65.8 Å². The first-order valence-corrected chi connectivity index (χ1v) is 10.2. The van der Waals surface area contributed by atoms with E-state index in [0.29, 0.717) is 0 Å². The van der Waals surface area contributed by atoms with E-state index in [4.69, 9.17) is 11.6 Å². The van der Waals surface area contributed by atoms with E-state index in [2.05, 4.69) is 81.4 Å². The van der Waals surface area contributed by atoms with Gasteiger partial charge in [0.05, 0.1) is 18.9 Å². The summed E-state index contributed by atoms with van der Waals surface area (Å²) in [5, 5.41) is 1.15. The Morgan fingerprint density at radius 3 is 2.34 bits per heavy atom. The number of hydrogen-bond acceptors (Lipinski definition) is 1. The molecule has 3 aromatic rings. The van der Waals surface area contributed by atoms with E-state index in [9.17, 15) is 0 Å². The molecule has 0 saturated carbocycles. The van der Waals surface area contributed by atoms with Gasteiger partial charge in [-0.15, -0.1) is 0 Å². The molecular weight excluding hydrogens is 354 g/mol. The molecule has 0 unspecified atom stereocenters. The Balaban J connectivity index is 2.24. The van der Waals surface area contributed by atoms with E-state index >= 15 is 0 Å². The Kier molecular flexibility index (Phi) is 5.26. The van der Waals surface area contributed by atoms with Gasteiger partial charge in [0, 0.05) is 19.4 Å². The van der Waals surface area contributed by atoms with Crippen LogP contribution in [0.5, 0.6) is 0 Å². The molecule has 3 heteroatoms. The van der Waals surface area contributed by atoms with E-state index in [0.717, 1.165) is 22.9 Å². The average Bonchev–Trinajstić information content (AvgIpc) is 2.63. The van der Waals surface area contributed by atoms with Crippen molar-refractivity contribution in [2.75, 3.05) is 0 Å². The minimum absolute atomic E-state index is 0.0904.